The van der Waals surface area contributed by atoms with Gasteiger partial charge in [0.25, 0.3) is 0 Å². The first kappa shape index (κ1) is 14.6. The van der Waals surface area contributed by atoms with Crippen molar-refractivity contribution in [1.82, 2.24) is 4.90 Å². The summed E-state index contributed by atoms with van der Waals surface area (Å²) < 4.78 is 0. The van der Waals surface area contributed by atoms with Crippen LogP contribution >= 0.6 is 0 Å². The molecule has 90 valence electrons. The van der Waals surface area contributed by atoms with Crippen LogP contribution in [0.25, 0.3) is 0 Å². The minimum Gasteiger partial charge on any atom is -0.328 e. The second-order valence-electron chi connectivity index (χ2n) is 4.34. The van der Waals surface area contributed by atoms with Crippen LogP contribution in [0.3, 0.4) is 0 Å². The quantitative estimate of drug-likeness (QED) is 0.636. The Morgan fingerprint density at radius 2 is 2.07 bits per heavy atom. The molecule has 1 atom stereocenters. The second-order valence-corrected chi connectivity index (χ2v) is 4.34. The van der Waals surface area contributed by atoms with E-state index in [0.717, 1.165) is 38.6 Å². The molecule has 0 heterocycles. The minimum absolute atomic E-state index is 0.276. The zero-order valence-electron chi connectivity index (χ0n) is 10.5. The fourth-order valence-corrected chi connectivity index (χ4v) is 1.42. The molecular weight excluding hydrogens is 188 g/mol. The van der Waals surface area contributed by atoms with E-state index < -0.39 is 0 Å². The van der Waals surface area contributed by atoms with Crippen molar-refractivity contribution in [3.8, 4) is 0 Å². The van der Waals surface area contributed by atoms with Gasteiger partial charge in [0.1, 0.15) is 5.78 Å². The van der Waals surface area contributed by atoms with Crippen molar-refractivity contribution < 1.29 is 4.79 Å². The van der Waals surface area contributed by atoms with E-state index in [2.05, 4.69) is 18.7 Å². The smallest absolute Gasteiger partial charge is 0.146 e. The molecule has 0 aliphatic rings. The molecule has 0 aromatic heterocycles. The summed E-state index contributed by atoms with van der Waals surface area (Å²) in [5.41, 5.74) is 5.82. The van der Waals surface area contributed by atoms with E-state index in [9.17, 15) is 4.79 Å². The van der Waals surface area contributed by atoms with Crippen LogP contribution in [0.15, 0.2) is 0 Å². The van der Waals surface area contributed by atoms with Crippen molar-refractivity contribution in [2.24, 2.45) is 5.73 Å². The summed E-state index contributed by atoms with van der Waals surface area (Å²) in [6.45, 7) is 5.71. The summed E-state index contributed by atoms with van der Waals surface area (Å²) >= 11 is 0. The highest BCUT2D eigenvalue weighted by Crippen LogP contribution is 1.99. The van der Waals surface area contributed by atoms with Gasteiger partial charge in [0.2, 0.25) is 0 Å². The maximum atomic E-state index is 11.5. The summed E-state index contributed by atoms with van der Waals surface area (Å²) in [5.74, 6) is 0.351. The number of carbonyl (C=O) groups is 1. The van der Waals surface area contributed by atoms with Crippen LogP contribution in [0.4, 0.5) is 0 Å². The van der Waals surface area contributed by atoms with Crippen molar-refractivity contribution >= 4 is 5.78 Å². The Bertz CT molecular complexity index is 171. The van der Waals surface area contributed by atoms with Gasteiger partial charge in [0.15, 0.2) is 0 Å². The highest BCUT2D eigenvalue weighted by Gasteiger charge is 2.07. The third kappa shape index (κ3) is 8.58. The van der Waals surface area contributed by atoms with E-state index in [0.29, 0.717) is 12.3 Å². The SMILES string of the molecule is CCCCC(=O)CN(C)CCC(N)CC. The lowest BCUT2D eigenvalue weighted by atomic mass is 10.1. The number of likely N-dealkylation sites (N-methyl/N-ethyl adjacent to an activating group) is 1. The molecule has 1 unspecified atom stereocenters. The number of carbonyl (C=O) groups excluding carboxylic acids is 1. The van der Waals surface area contributed by atoms with E-state index in [4.69, 9.17) is 5.73 Å². The number of ketones is 1. The average molecular weight is 214 g/mol. The van der Waals surface area contributed by atoms with Gasteiger partial charge in [-0.1, -0.05) is 20.3 Å². The number of rotatable bonds is 9. The molecule has 0 rings (SSSR count). The highest BCUT2D eigenvalue weighted by atomic mass is 16.1. The molecule has 3 nitrogen and oxygen atoms in total. The van der Waals surface area contributed by atoms with Gasteiger partial charge in [-0.15, -0.1) is 0 Å². The Hall–Kier alpha value is -0.410. The van der Waals surface area contributed by atoms with Crippen molar-refractivity contribution in [3.05, 3.63) is 0 Å². The molecule has 0 amide bonds. The Morgan fingerprint density at radius 3 is 2.60 bits per heavy atom. The maximum absolute atomic E-state index is 11.5. The largest absolute Gasteiger partial charge is 0.328 e. The van der Waals surface area contributed by atoms with Crippen LogP contribution in [0.5, 0.6) is 0 Å². The number of Topliss-reactive ketones (excluding diaryl/α,β-unsaturated/α-hetero) is 1. The number of unbranched alkanes of at least 4 members (excludes halogenated alkanes) is 1. The molecule has 0 aliphatic heterocycles. The fourth-order valence-electron chi connectivity index (χ4n) is 1.42. The molecule has 0 radical (unpaired) electrons. The number of hydrogen-bond acceptors (Lipinski definition) is 3. The molecule has 0 aliphatic carbocycles. The Labute approximate surface area is 94.0 Å². The topological polar surface area (TPSA) is 46.3 Å². The van der Waals surface area contributed by atoms with E-state index in [1.807, 2.05) is 7.05 Å². The molecule has 0 fully saturated rings. The Morgan fingerprint density at radius 1 is 1.40 bits per heavy atom. The van der Waals surface area contributed by atoms with E-state index >= 15 is 0 Å². The molecule has 0 spiro atoms. The van der Waals surface area contributed by atoms with Crippen LogP contribution in [0.2, 0.25) is 0 Å². The van der Waals surface area contributed by atoms with E-state index in [1.165, 1.54) is 0 Å². The lowest BCUT2D eigenvalue weighted by molar-refractivity contribution is -0.120. The van der Waals surface area contributed by atoms with Gasteiger partial charge in [-0.25, -0.2) is 0 Å². The van der Waals surface area contributed by atoms with E-state index in [1.54, 1.807) is 0 Å². The van der Waals surface area contributed by atoms with Crippen molar-refractivity contribution in [2.75, 3.05) is 20.1 Å². The summed E-state index contributed by atoms with van der Waals surface area (Å²) in [7, 11) is 1.99. The monoisotopic (exact) mass is 214 g/mol. The number of nitrogens with zero attached hydrogens (tertiary/aromatic N) is 1. The average Bonchev–Trinajstić information content (AvgIpc) is 2.22. The van der Waals surface area contributed by atoms with Gasteiger partial charge in [-0.05, 0) is 32.9 Å². The number of hydrogen-bond donors (Lipinski definition) is 1. The van der Waals surface area contributed by atoms with Crippen molar-refractivity contribution in [3.63, 3.8) is 0 Å². The van der Waals surface area contributed by atoms with Crippen LogP contribution in [0.1, 0.15) is 46.0 Å². The lowest BCUT2D eigenvalue weighted by Gasteiger charge is -2.17. The standard InChI is InChI=1S/C12H26N2O/c1-4-6-7-12(15)10-14(3)9-8-11(13)5-2/h11H,4-10,13H2,1-3H3. The maximum Gasteiger partial charge on any atom is 0.146 e. The molecule has 0 aromatic rings. The minimum atomic E-state index is 0.276. The van der Waals surface area contributed by atoms with Crippen molar-refractivity contribution in [2.45, 2.75) is 52.0 Å². The normalized spacial score (nSPS) is 13.1. The van der Waals surface area contributed by atoms with Crippen LogP contribution in [-0.2, 0) is 4.79 Å². The van der Waals surface area contributed by atoms with Gasteiger partial charge >= 0.3 is 0 Å². The lowest BCUT2D eigenvalue weighted by Crippen LogP contribution is -2.31. The zero-order chi connectivity index (χ0) is 11.7. The Balaban J connectivity index is 3.54. The van der Waals surface area contributed by atoms with Crippen molar-refractivity contribution in [1.29, 1.82) is 0 Å². The molecule has 0 saturated heterocycles. The predicted octanol–water partition coefficient (Wildman–Crippen LogP) is 1.80. The van der Waals surface area contributed by atoms with Gasteiger partial charge in [-0.2, -0.15) is 0 Å². The molecule has 2 N–H and O–H groups in total. The van der Waals surface area contributed by atoms with Gasteiger partial charge in [-0.3, -0.25) is 9.69 Å². The number of nitrogens with two attached hydrogens (primary N) is 1. The summed E-state index contributed by atoms with van der Waals surface area (Å²) in [4.78, 5) is 13.5. The highest BCUT2D eigenvalue weighted by molar-refractivity contribution is 5.80. The molecule has 0 aromatic carbocycles. The predicted molar refractivity (Wildman–Crippen MR) is 64.9 cm³/mol. The summed E-state index contributed by atoms with van der Waals surface area (Å²) in [6.07, 6.45) is 4.82. The molecular formula is C12H26N2O. The van der Waals surface area contributed by atoms with Crippen LogP contribution in [0, 0.1) is 0 Å². The molecule has 0 saturated carbocycles. The summed E-state index contributed by atoms with van der Waals surface area (Å²) in [6, 6.07) is 0.276. The third-order valence-corrected chi connectivity index (χ3v) is 2.66. The fraction of sp³-hybridized carbons (Fsp3) is 0.917. The Kier molecular flexibility index (Phi) is 8.62. The van der Waals surface area contributed by atoms with Crippen LogP contribution < -0.4 is 5.73 Å². The second kappa shape index (κ2) is 8.86. The first-order chi connectivity index (χ1) is 7.10. The first-order valence-electron chi connectivity index (χ1n) is 6.05. The summed E-state index contributed by atoms with van der Waals surface area (Å²) in [5, 5.41) is 0. The molecule has 3 heteroatoms. The van der Waals surface area contributed by atoms with Gasteiger partial charge < -0.3 is 5.73 Å². The molecule has 15 heavy (non-hydrogen) atoms. The van der Waals surface area contributed by atoms with Gasteiger partial charge in [0.05, 0.1) is 6.54 Å². The van der Waals surface area contributed by atoms with E-state index in [-0.39, 0.29) is 6.04 Å². The first-order valence-corrected chi connectivity index (χ1v) is 6.05. The molecule has 0 bridgehead atoms. The van der Waals surface area contributed by atoms with Gasteiger partial charge in [0, 0.05) is 12.5 Å². The van der Waals surface area contributed by atoms with Crippen LogP contribution in [-0.4, -0.2) is 36.9 Å². The third-order valence-electron chi connectivity index (χ3n) is 2.66. The zero-order valence-corrected chi connectivity index (χ0v) is 10.5.